The van der Waals surface area contributed by atoms with Crippen molar-refractivity contribution in [3.8, 4) is 0 Å². The number of rotatable bonds is 0. The van der Waals surface area contributed by atoms with Gasteiger partial charge in [0.25, 0.3) is 0 Å². The Bertz CT molecular complexity index is 966. The van der Waals surface area contributed by atoms with E-state index in [0.717, 1.165) is 0 Å². The second kappa shape index (κ2) is 7.25. The molecule has 0 atom stereocenters. The number of hydrogen-bond donors (Lipinski definition) is 0. The van der Waals surface area contributed by atoms with Crippen LogP contribution in [0.25, 0.3) is 19.2 Å². The minimum atomic E-state index is 1.26. The topological polar surface area (TPSA) is 0 Å². The van der Waals surface area contributed by atoms with Gasteiger partial charge in [0, 0.05) is 10.8 Å². The van der Waals surface area contributed by atoms with Gasteiger partial charge < -0.3 is 0 Å². The minimum Gasteiger partial charge on any atom is -0.132 e. The standard InChI is InChI=1S/C17H12S7/c1-2-5-11-10(4-1)12(14-20-8-9-21-14)22-13(11)15-23-16-17(24-15)19-7-3-6-18-16/h1-2,4-5,8-9H,3,6-7H2. The van der Waals surface area contributed by atoms with Crippen molar-refractivity contribution in [3.63, 3.8) is 0 Å². The monoisotopic (exact) mass is 440 g/mol. The van der Waals surface area contributed by atoms with Gasteiger partial charge in [0.1, 0.15) is 0 Å². The Labute approximate surface area is 170 Å². The van der Waals surface area contributed by atoms with Crippen molar-refractivity contribution in [1.29, 1.82) is 0 Å². The van der Waals surface area contributed by atoms with Crippen molar-refractivity contribution in [3.05, 3.63) is 52.6 Å². The van der Waals surface area contributed by atoms with Gasteiger partial charge >= 0.3 is 0 Å². The molecule has 1 aromatic heterocycles. The number of thioether (sulfide) groups is 6. The van der Waals surface area contributed by atoms with Gasteiger partial charge in [0.15, 0.2) is 0 Å². The Kier molecular flexibility index (Phi) is 5.03. The predicted octanol–water partition coefficient (Wildman–Crippen LogP) is 6.46. The summed E-state index contributed by atoms with van der Waals surface area (Å²) in [5.41, 5.74) is 0. The number of benzene rings is 1. The lowest BCUT2D eigenvalue weighted by molar-refractivity contribution is 1.13. The zero-order valence-corrected chi connectivity index (χ0v) is 18.2. The molecule has 0 nitrogen and oxygen atoms in total. The molecule has 0 saturated heterocycles. The Morgan fingerprint density at radius 2 is 1.25 bits per heavy atom. The first kappa shape index (κ1) is 16.7. The molecule has 24 heavy (non-hydrogen) atoms. The van der Waals surface area contributed by atoms with E-state index in [2.05, 4.69) is 58.6 Å². The molecular formula is C17H12S7. The molecule has 3 aliphatic rings. The van der Waals surface area contributed by atoms with E-state index in [1.165, 1.54) is 54.7 Å². The number of thiophene rings is 1. The van der Waals surface area contributed by atoms with E-state index in [1.54, 1.807) is 0 Å². The third-order valence-electron chi connectivity index (χ3n) is 3.69. The number of hydrogen-bond acceptors (Lipinski definition) is 7. The van der Waals surface area contributed by atoms with Gasteiger partial charge in [0.2, 0.25) is 0 Å². The second-order valence-electron chi connectivity index (χ2n) is 5.22. The van der Waals surface area contributed by atoms with Gasteiger partial charge in [-0.05, 0) is 28.7 Å². The van der Waals surface area contributed by atoms with E-state index < -0.39 is 0 Å². The highest BCUT2D eigenvalue weighted by atomic mass is 32.3. The fourth-order valence-electron chi connectivity index (χ4n) is 2.64. The summed E-state index contributed by atoms with van der Waals surface area (Å²) in [5, 5.41) is 7.21. The van der Waals surface area contributed by atoms with Crippen LogP contribution in [0, 0.1) is 0 Å². The molecule has 0 N–H and O–H groups in total. The lowest BCUT2D eigenvalue weighted by atomic mass is 10.2. The van der Waals surface area contributed by atoms with Crippen LogP contribution in [0.2, 0.25) is 0 Å². The first-order chi connectivity index (χ1) is 11.9. The highest BCUT2D eigenvalue weighted by molar-refractivity contribution is 8.46. The average molecular weight is 441 g/mol. The summed E-state index contributed by atoms with van der Waals surface area (Å²) in [6.07, 6.45) is 1.32. The number of fused-ring (bicyclic) bond motifs is 1. The van der Waals surface area contributed by atoms with E-state index in [0.29, 0.717) is 0 Å². The molecule has 0 bridgehead atoms. The maximum atomic E-state index is 2.29. The van der Waals surface area contributed by atoms with E-state index in [9.17, 15) is 0 Å². The minimum absolute atomic E-state index is 1.26. The van der Waals surface area contributed by atoms with E-state index in [4.69, 9.17) is 0 Å². The third kappa shape index (κ3) is 3.04. The Morgan fingerprint density at radius 1 is 0.667 bits per heavy atom. The van der Waals surface area contributed by atoms with Crippen molar-refractivity contribution < 1.29 is 0 Å². The van der Waals surface area contributed by atoms with Crippen molar-refractivity contribution in [2.45, 2.75) is 6.42 Å². The summed E-state index contributed by atoms with van der Waals surface area (Å²) in [6.45, 7) is 0. The van der Waals surface area contributed by atoms with Gasteiger partial charge in [-0.2, -0.15) is 0 Å². The fraction of sp³-hybridized carbons (Fsp3) is 0.176. The van der Waals surface area contributed by atoms with Crippen LogP contribution in [0.5, 0.6) is 0 Å². The molecule has 2 aromatic rings. The summed E-state index contributed by atoms with van der Waals surface area (Å²) < 4.78 is 8.89. The van der Waals surface area contributed by atoms with E-state index in [-0.39, 0.29) is 0 Å². The molecule has 0 spiro atoms. The molecule has 0 saturated carbocycles. The third-order valence-corrected chi connectivity index (χ3v) is 13.3. The SMILES string of the molecule is C1=CSC(=c2sc(=C3SC4=C(SCCCS4)S3)c3ccccc23)S1. The van der Waals surface area contributed by atoms with Crippen LogP contribution in [0.1, 0.15) is 6.42 Å². The van der Waals surface area contributed by atoms with Crippen molar-refractivity contribution in [1.82, 2.24) is 0 Å². The van der Waals surface area contributed by atoms with Crippen molar-refractivity contribution in [2.24, 2.45) is 0 Å². The van der Waals surface area contributed by atoms with Gasteiger partial charge in [-0.15, -0.1) is 34.9 Å². The van der Waals surface area contributed by atoms with Crippen LogP contribution >= 0.6 is 81.9 Å². The highest BCUT2D eigenvalue weighted by Gasteiger charge is 2.25. The smallest absolute Gasteiger partial charge is 0.0689 e. The summed E-state index contributed by atoms with van der Waals surface area (Å²) in [5.74, 6) is 2.53. The first-order valence-electron chi connectivity index (χ1n) is 7.50. The Morgan fingerprint density at radius 3 is 1.88 bits per heavy atom. The lowest BCUT2D eigenvalue weighted by Gasteiger charge is -1.98. The second-order valence-corrected chi connectivity index (χ2v) is 13.4. The summed E-state index contributed by atoms with van der Waals surface area (Å²) in [6, 6.07) is 8.91. The summed E-state index contributed by atoms with van der Waals surface area (Å²) in [7, 11) is 0. The maximum Gasteiger partial charge on any atom is 0.0689 e. The maximum absolute atomic E-state index is 2.29. The van der Waals surface area contributed by atoms with Crippen molar-refractivity contribution in [2.75, 3.05) is 11.5 Å². The molecule has 7 heteroatoms. The molecule has 122 valence electrons. The van der Waals surface area contributed by atoms with Crippen LogP contribution < -0.4 is 9.06 Å². The Hall–Kier alpha value is 0.500. The van der Waals surface area contributed by atoms with Crippen LogP contribution in [0.3, 0.4) is 0 Å². The van der Waals surface area contributed by atoms with Crippen LogP contribution in [0.4, 0.5) is 0 Å². The highest BCUT2D eigenvalue weighted by Crippen LogP contribution is 2.59. The molecule has 4 heterocycles. The van der Waals surface area contributed by atoms with Crippen LogP contribution in [0.15, 0.2) is 43.6 Å². The van der Waals surface area contributed by atoms with E-state index >= 15 is 0 Å². The van der Waals surface area contributed by atoms with Crippen LogP contribution in [-0.2, 0) is 0 Å². The van der Waals surface area contributed by atoms with E-state index in [1.807, 2.05) is 58.4 Å². The van der Waals surface area contributed by atoms with Gasteiger partial charge in [-0.1, -0.05) is 71.3 Å². The molecular weight excluding hydrogens is 429 g/mol. The first-order valence-corrected chi connectivity index (χ1v) is 13.7. The molecule has 0 amide bonds. The molecule has 0 aliphatic carbocycles. The largest absolute Gasteiger partial charge is 0.132 e. The molecule has 1 aromatic carbocycles. The predicted molar refractivity (Wildman–Crippen MR) is 124 cm³/mol. The normalized spacial score (nSPS) is 21.0. The summed E-state index contributed by atoms with van der Waals surface area (Å²) in [4.78, 5) is 0. The van der Waals surface area contributed by atoms with Crippen LogP contribution in [-0.4, -0.2) is 11.5 Å². The molecule has 0 fully saturated rings. The quantitative estimate of drug-likeness (QED) is 0.458. The lowest BCUT2D eigenvalue weighted by Crippen LogP contribution is -1.96. The zero-order valence-electron chi connectivity index (χ0n) is 12.4. The zero-order chi connectivity index (χ0) is 15.9. The van der Waals surface area contributed by atoms with Gasteiger partial charge in [0.05, 0.1) is 26.0 Å². The molecule has 0 unspecified atom stereocenters. The molecule has 3 aliphatic heterocycles. The van der Waals surface area contributed by atoms with Gasteiger partial charge in [-0.25, -0.2) is 0 Å². The summed E-state index contributed by atoms with van der Waals surface area (Å²) >= 11 is 13.8. The molecule has 0 radical (unpaired) electrons. The Balaban J connectivity index is 1.70. The fourth-order valence-corrected chi connectivity index (χ4v) is 12.2. The van der Waals surface area contributed by atoms with Gasteiger partial charge in [-0.3, -0.25) is 0 Å². The molecule has 5 rings (SSSR count). The van der Waals surface area contributed by atoms with Crippen molar-refractivity contribution >= 4 is 101 Å². The average Bonchev–Trinajstić information content (AvgIpc) is 3.31.